The molecule has 4 heteroatoms. The highest BCUT2D eigenvalue weighted by atomic mass is 35.5. The third kappa shape index (κ3) is 4.30. The molecule has 0 aliphatic heterocycles. The number of hydrogen-bond acceptors (Lipinski definition) is 2. The van der Waals surface area contributed by atoms with Crippen LogP contribution in [0.3, 0.4) is 0 Å². The molecule has 1 unspecified atom stereocenters. The number of nitrogens with one attached hydrogen (secondary N) is 1. The lowest BCUT2D eigenvalue weighted by atomic mass is 10.0. The fourth-order valence-electron chi connectivity index (χ4n) is 1.38. The normalized spacial score (nSPS) is 13.9. The summed E-state index contributed by atoms with van der Waals surface area (Å²) in [7, 11) is 0. The van der Waals surface area contributed by atoms with Crippen LogP contribution < -0.4 is 11.1 Å². The molecule has 0 aliphatic rings. The van der Waals surface area contributed by atoms with Gasteiger partial charge in [-0.3, -0.25) is 0 Å². The second-order valence-electron chi connectivity index (χ2n) is 4.76. The maximum atomic E-state index is 6.12. The second kappa shape index (κ2) is 5.37. The van der Waals surface area contributed by atoms with Gasteiger partial charge < -0.3 is 11.1 Å². The van der Waals surface area contributed by atoms with Crippen molar-refractivity contribution < 1.29 is 0 Å². The first-order valence-electron chi connectivity index (χ1n) is 5.27. The number of nitrogens with two attached hydrogens (primary N) is 1. The van der Waals surface area contributed by atoms with Crippen LogP contribution in [-0.2, 0) is 0 Å². The van der Waals surface area contributed by atoms with Crippen molar-refractivity contribution in [3.05, 3.63) is 33.8 Å². The van der Waals surface area contributed by atoms with Crippen molar-refractivity contribution in [3.63, 3.8) is 0 Å². The third-order valence-electron chi connectivity index (χ3n) is 2.29. The minimum atomic E-state index is -0.229. The van der Waals surface area contributed by atoms with E-state index in [-0.39, 0.29) is 11.6 Å². The van der Waals surface area contributed by atoms with Gasteiger partial charge in [-0.25, -0.2) is 0 Å². The Morgan fingerprint density at radius 2 is 2.00 bits per heavy atom. The van der Waals surface area contributed by atoms with E-state index in [2.05, 4.69) is 12.2 Å². The zero-order valence-corrected chi connectivity index (χ0v) is 11.4. The quantitative estimate of drug-likeness (QED) is 0.871. The van der Waals surface area contributed by atoms with Crippen LogP contribution >= 0.6 is 23.2 Å². The molecule has 1 aromatic rings. The van der Waals surface area contributed by atoms with Gasteiger partial charge in [0, 0.05) is 28.2 Å². The first kappa shape index (κ1) is 13.8. The van der Waals surface area contributed by atoms with Gasteiger partial charge in [0.15, 0.2) is 0 Å². The lowest BCUT2D eigenvalue weighted by Crippen LogP contribution is -2.43. The number of rotatable bonds is 4. The predicted octanol–water partition coefficient (Wildman–Crippen LogP) is 3.38. The van der Waals surface area contributed by atoms with E-state index in [0.29, 0.717) is 10.0 Å². The standard InChI is InChI=1S/C12H18Cl2N2/c1-8(16-7-12(2,3)15)10-5-4-9(13)6-11(10)14/h4-6,8,16H,7,15H2,1-3H3. The van der Waals surface area contributed by atoms with E-state index in [1.54, 1.807) is 6.07 Å². The van der Waals surface area contributed by atoms with Crippen LogP contribution in [0.25, 0.3) is 0 Å². The monoisotopic (exact) mass is 260 g/mol. The summed E-state index contributed by atoms with van der Waals surface area (Å²) in [6, 6.07) is 5.69. The van der Waals surface area contributed by atoms with Crippen LogP contribution in [0, 0.1) is 0 Å². The van der Waals surface area contributed by atoms with Crippen molar-refractivity contribution in [2.75, 3.05) is 6.54 Å². The molecule has 0 heterocycles. The van der Waals surface area contributed by atoms with Crippen LogP contribution in [0.15, 0.2) is 18.2 Å². The Morgan fingerprint density at radius 1 is 1.38 bits per heavy atom. The Labute approximate surface area is 107 Å². The summed E-state index contributed by atoms with van der Waals surface area (Å²) in [5, 5.41) is 4.68. The van der Waals surface area contributed by atoms with Gasteiger partial charge in [-0.1, -0.05) is 29.3 Å². The maximum Gasteiger partial charge on any atom is 0.0468 e. The van der Waals surface area contributed by atoms with Gasteiger partial charge in [0.25, 0.3) is 0 Å². The summed E-state index contributed by atoms with van der Waals surface area (Å²) in [5.74, 6) is 0. The summed E-state index contributed by atoms with van der Waals surface area (Å²) < 4.78 is 0. The van der Waals surface area contributed by atoms with Gasteiger partial charge in [-0.2, -0.15) is 0 Å². The predicted molar refractivity (Wildman–Crippen MR) is 71.1 cm³/mol. The van der Waals surface area contributed by atoms with Gasteiger partial charge in [0.1, 0.15) is 0 Å². The summed E-state index contributed by atoms with van der Waals surface area (Å²) >= 11 is 12.0. The Balaban J connectivity index is 2.70. The van der Waals surface area contributed by atoms with Crippen molar-refractivity contribution in [2.24, 2.45) is 5.73 Å². The molecule has 1 atom stereocenters. The molecule has 1 aromatic carbocycles. The van der Waals surface area contributed by atoms with E-state index in [1.165, 1.54) is 0 Å². The molecular formula is C12H18Cl2N2. The first-order chi connectivity index (χ1) is 7.29. The molecule has 0 aliphatic carbocycles. The smallest absolute Gasteiger partial charge is 0.0468 e. The highest BCUT2D eigenvalue weighted by Gasteiger charge is 2.14. The Morgan fingerprint density at radius 3 is 2.50 bits per heavy atom. The van der Waals surface area contributed by atoms with E-state index in [4.69, 9.17) is 28.9 Å². The zero-order valence-electron chi connectivity index (χ0n) is 9.85. The van der Waals surface area contributed by atoms with Gasteiger partial charge in [0.05, 0.1) is 0 Å². The maximum absolute atomic E-state index is 6.12. The molecular weight excluding hydrogens is 243 g/mol. The molecule has 16 heavy (non-hydrogen) atoms. The van der Waals surface area contributed by atoms with Crippen molar-refractivity contribution in [2.45, 2.75) is 32.4 Å². The molecule has 0 spiro atoms. The highest BCUT2D eigenvalue weighted by molar-refractivity contribution is 6.35. The molecule has 0 saturated carbocycles. The van der Waals surface area contributed by atoms with E-state index in [0.717, 1.165) is 12.1 Å². The molecule has 0 saturated heterocycles. The van der Waals surface area contributed by atoms with Crippen molar-refractivity contribution in [1.82, 2.24) is 5.32 Å². The lowest BCUT2D eigenvalue weighted by Gasteiger charge is -2.23. The molecule has 3 N–H and O–H groups in total. The van der Waals surface area contributed by atoms with Crippen LogP contribution in [0.2, 0.25) is 10.0 Å². The molecule has 0 radical (unpaired) electrons. The molecule has 1 rings (SSSR count). The Kier molecular flexibility index (Phi) is 4.62. The molecule has 0 amide bonds. The third-order valence-corrected chi connectivity index (χ3v) is 2.86. The lowest BCUT2D eigenvalue weighted by molar-refractivity contribution is 0.435. The van der Waals surface area contributed by atoms with Crippen LogP contribution in [0.1, 0.15) is 32.4 Å². The molecule has 0 bridgehead atoms. The van der Waals surface area contributed by atoms with Gasteiger partial charge >= 0.3 is 0 Å². The SMILES string of the molecule is CC(NCC(C)(C)N)c1ccc(Cl)cc1Cl. The Bertz CT molecular complexity index is 359. The zero-order chi connectivity index (χ0) is 12.3. The summed E-state index contributed by atoms with van der Waals surface area (Å²) in [6.07, 6.45) is 0. The van der Waals surface area contributed by atoms with Gasteiger partial charge in [0.2, 0.25) is 0 Å². The number of benzene rings is 1. The molecule has 0 aromatic heterocycles. The number of hydrogen-bond donors (Lipinski definition) is 2. The van der Waals surface area contributed by atoms with Crippen molar-refractivity contribution >= 4 is 23.2 Å². The van der Waals surface area contributed by atoms with Crippen LogP contribution in [0.5, 0.6) is 0 Å². The first-order valence-corrected chi connectivity index (χ1v) is 6.02. The highest BCUT2D eigenvalue weighted by Crippen LogP contribution is 2.26. The Hall–Kier alpha value is -0.280. The fourth-order valence-corrected chi connectivity index (χ4v) is 1.95. The van der Waals surface area contributed by atoms with Crippen molar-refractivity contribution in [1.29, 1.82) is 0 Å². The summed E-state index contributed by atoms with van der Waals surface area (Å²) in [4.78, 5) is 0. The fraction of sp³-hybridized carbons (Fsp3) is 0.500. The topological polar surface area (TPSA) is 38.0 Å². The second-order valence-corrected chi connectivity index (χ2v) is 5.60. The van der Waals surface area contributed by atoms with E-state index >= 15 is 0 Å². The number of halogens is 2. The molecule has 90 valence electrons. The average molecular weight is 261 g/mol. The minimum Gasteiger partial charge on any atom is -0.324 e. The van der Waals surface area contributed by atoms with E-state index in [1.807, 2.05) is 26.0 Å². The molecule has 0 fully saturated rings. The van der Waals surface area contributed by atoms with Gasteiger partial charge in [-0.05, 0) is 38.5 Å². The molecule has 2 nitrogen and oxygen atoms in total. The van der Waals surface area contributed by atoms with Crippen LogP contribution in [-0.4, -0.2) is 12.1 Å². The summed E-state index contributed by atoms with van der Waals surface area (Å²) in [5.41, 5.74) is 6.72. The average Bonchev–Trinajstić information content (AvgIpc) is 2.13. The van der Waals surface area contributed by atoms with Crippen molar-refractivity contribution in [3.8, 4) is 0 Å². The van der Waals surface area contributed by atoms with Gasteiger partial charge in [-0.15, -0.1) is 0 Å². The van der Waals surface area contributed by atoms with E-state index < -0.39 is 0 Å². The summed E-state index contributed by atoms with van der Waals surface area (Å²) in [6.45, 7) is 6.75. The largest absolute Gasteiger partial charge is 0.324 e. The minimum absolute atomic E-state index is 0.160. The van der Waals surface area contributed by atoms with E-state index in [9.17, 15) is 0 Å². The van der Waals surface area contributed by atoms with Crippen LogP contribution in [0.4, 0.5) is 0 Å².